The minimum Gasteiger partial charge on any atom is -0.349 e. The Balaban J connectivity index is 1.58. The summed E-state index contributed by atoms with van der Waals surface area (Å²) in [7, 11) is -1.41. The topological polar surface area (TPSA) is 89.8 Å². The summed E-state index contributed by atoms with van der Waals surface area (Å²) in [5.74, 6) is 0.199. The molecule has 1 amide bonds. The molecule has 0 saturated carbocycles. The highest BCUT2D eigenvalue weighted by Gasteiger charge is 2.16. The highest BCUT2D eigenvalue weighted by molar-refractivity contribution is 7.84. The van der Waals surface area contributed by atoms with Gasteiger partial charge in [0.25, 0.3) is 0 Å². The summed E-state index contributed by atoms with van der Waals surface area (Å²) in [6, 6.07) is 18.8. The number of amides is 1. The van der Waals surface area contributed by atoms with Crippen molar-refractivity contribution < 1.29 is 9.00 Å². The SMILES string of the molecule is C[C@@H](NC(=O)C[S@](=O)Cc1nnnn1-c1ccccc1)c1ccccc1. The van der Waals surface area contributed by atoms with E-state index < -0.39 is 10.8 Å². The van der Waals surface area contributed by atoms with Crippen LogP contribution in [-0.2, 0) is 21.3 Å². The van der Waals surface area contributed by atoms with Crippen molar-refractivity contribution in [2.24, 2.45) is 0 Å². The molecule has 7 nitrogen and oxygen atoms in total. The summed E-state index contributed by atoms with van der Waals surface area (Å²) < 4.78 is 13.9. The molecule has 1 heterocycles. The number of rotatable bonds is 7. The summed E-state index contributed by atoms with van der Waals surface area (Å²) in [5.41, 5.74) is 1.78. The summed E-state index contributed by atoms with van der Waals surface area (Å²) in [5, 5.41) is 14.4. The lowest BCUT2D eigenvalue weighted by Gasteiger charge is -2.14. The predicted octanol–water partition coefficient (Wildman–Crippen LogP) is 1.79. The zero-order valence-corrected chi connectivity index (χ0v) is 15.1. The Morgan fingerprint density at radius 3 is 2.46 bits per heavy atom. The molecule has 0 spiro atoms. The molecule has 1 N–H and O–H groups in total. The number of para-hydroxylation sites is 1. The first-order chi connectivity index (χ1) is 12.6. The Hall–Kier alpha value is -2.87. The Morgan fingerprint density at radius 2 is 1.77 bits per heavy atom. The van der Waals surface area contributed by atoms with Crippen LogP contribution in [0.25, 0.3) is 5.69 Å². The van der Waals surface area contributed by atoms with Crippen molar-refractivity contribution in [2.75, 3.05) is 5.75 Å². The van der Waals surface area contributed by atoms with E-state index in [2.05, 4.69) is 20.8 Å². The Bertz CT molecular complexity index is 883. The minimum atomic E-state index is -1.41. The lowest BCUT2D eigenvalue weighted by Crippen LogP contribution is -2.31. The van der Waals surface area contributed by atoms with Crippen molar-refractivity contribution in [1.29, 1.82) is 0 Å². The van der Waals surface area contributed by atoms with Crippen LogP contribution in [0.15, 0.2) is 60.7 Å². The van der Waals surface area contributed by atoms with Gasteiger partial charge in [-0.1, -0.05) is 48.5 Å². The van der Waals surface area contributed by atoms with Crippen molar-refractivity contribution in [1.82, 2.24) is 25.5 Å². The van der Waals surface area contributed by atoms with Crippen LogP contribution < -0.4 is 5.32 Å². The molecule has 0 aliphatic heterocycles. The number of tetrazole rings is 1. The first-order valence-electron chi connectivity index (χ1n) is 8.15. The number of hydrogen-bond donors (Lipinski definition) is 1. The number of aromatic nitrogens is 4. The second-order valence-electron chi connectivity index (χ2n) is 5.77. The minimum absolute atomic E-state index is 0.0984. The Morgan fingerprint density at radius 1 is 1.12 bits per heavy atom. The van der Waals surface area contributed by atoms with Gasteiger partial charge in [-0.3, -0.25) is 9.00 Å². The molecular weight excluding hydrogens is 350 g/mol. The third-order valence-electron chi connectivity index (χ3n) is 3.79. The fraction of sp³-hybridized carbons (Fsp3) is 0.222. The van der Waals surface area contributed by atoms with Gasteiger partial charge >= 0.3 is 0 Å². The summed E-state index contributed by atoms with van der Waals surface area (Å²) in [6.45, 7) is 1.89. The van der Waals surface area contributed by atoms with Gasteiger partial charge in [-0.05, 0) is 35.0 Å². The monoisotopic (exact) mass is 369 g/mol. The molecule has 0 unspecified atom stereocenters. The molecular formula is C18H19N5O2S. The molecule has 2 atom stereocenters. The zero-order chi connectivity index (χ0) is 18.4. The van der Waals surface area contributed by atoms with Crippen molar-refractivity contribution in [2.45, 2.75) is 18.7 Å². The van der Waals surface area contributed by atoms with Gasteiger partial charge in [-0.15, -0.1) is 5.10 Å². The van der Waals surface area contributed by atoms with Crippen molar-refractivity contribution in [3.8, 4) is 5.69 Å². The van der Waals surface area contributed by atoms with Crippen LogP contribution in [0.2, 0.25) is 0 Å². The van der Waals surface area contributed by atoms with E-state index in [0.29, 0.717) is 5.82 Å². The number of carbonyl (C=O) groups is 1. The van der Waals surface area contributed by atoms with Gasteiger partial charge in [0.05, 0.1) is 17.5 Å². The van der Waals surface area contributed by atoms with E-state index in [4.69, 9.17) is 0 Å². The van der Waals surface area contributed by atoms with Gasteiger partial charge in [0.15, 0.2) is 5.82 Å². The van der Waals surface area contributed by atoms with Crippen molar-refractivity contribution in [3.05, 3.63) is 72.1 Å². The number of nitrogens with zero attached hydrogens (tertiary/aromatic N) is 4. The molecule has 0 fully saturated rings. The summed E-state index contributed by atoms with van der Waals surface area (Å²) in [4.78, 5) is 12.2. The normalized spacial score (nSPS) is 13.1. The van der Waals surface area contributed by atoms with Gasteiger partial charge in [-0.2, -0.15) is 4.68 Å². The van der Waals surface area contributed by atoms with Gasteiger partial charge in [0.1, 0.15) is 5.75 Å². The van der Waals surface area contributed by atoms with Gasteiger partial charge in [0.2, 0.25) is 5.91 Å². The highest BCUT2D eigenvalue weighted by Crippen LogP contribution is 2.11. The summed E-state index contributed by atoms with van der Waals surface area (Å²) >= 11 is 0. The highest BCUT2D eigenvalue weighted by atomic mass is 32.2. The molecule has 2 aromatic carbocycles. The van der Waals surface area contributed by atoms with E-state index in [-0.39, 0.29) is 23.5 Å². The van der Waals surface area contributed by atoms with Gasteiger partial charge < -0.3 is 5.32 Å². The van der Waals surface area contributed by atoms with Crippen molar-refractivity contribution >= 4 is 16.7 Å². The van der Waals surface area contributed by atoms with Gasteiger partial charge in [0, 0.05) is 10.8 Å². The fourth-order valence-corrected chi connectivity index (χ4v) is 3.46. The smallest absolute Gasteiger partial charge is 0.233 e. The molecule has 0 radical (unpaired) electrons. The van der Waals surface area contributed by atoms with E-state index in [1.807, 2.05) is 67.6 Å². The van der Waals surface area contributed by atoms with E-state index in [1.54, 1.807) is 0 Å². The number of carbonyl (C=O) groups excluding carboxylic acids is 1. The van der Waals surface area contributed by atoms with Crippen LogP contribution in [0.1, 0.15) is 24.4 Å². The van der Waals surface area contributed by atoms with Crippen LogP contribution in [0.3, 0.4) is 0 Å². The van der Waals surface area contributed by atoms with Gasteiger partial charge in [-0.25, -0.2) is 0 Å². The van der Waals surface area contributed by atoms with Crippen LogP contribution in [-0.4, -0.2) is 36.1 Å². The molecule has 134 valence electrons. The molecule has 26 heavy (non-hydrogen) atoms. The third kappa shape index (κ3) is 4.60. The molecule has 8 heteroatoms. The standard InChI is InChI=1S/C18H19N5O2S/c1-14(15-8-4-2-5-9-15)19-18(24)13-26(25)12-17-20-21-22-23(17)16-10-6-3-7-11-16/h2-11,14H,12-13H2,1H3,(H,19,24)/t14-,26-/m1/s1. The maximum Gasteiger partial charge on any atom is 0.233 e. The molecule has 0 aliphatic carbocycles. The average molecular weight is 369 g/mol. The quantitative estimate of drug-likeness (QED) is 0.686. The van der Waals surface area contributed by atoms with E-state index >= 15 is 0 Å². The molecule has 0 saturated heterocycles. The van der Waals surface area contributed by atoms with Crippen molar-refractivity contribution in [3.63, 3.8) is 0 Å². The third-order valence-corrected chi connectivity index (χ3v) is 4.96. The zero-order valence-electron chi connectivity index (χ0n) is 14.3. The molecule has 0 bridgehead atoms. The maximum absolute atomic E-state index is 12.4. The summed E-state index contributed by atoms with van der Waals surface area (Å²) in [6.07, 6.45) is 0. The van der Waals surface area contributed by atoms with Crippen LogP contribution in [0, 0.1) is 0 Å². The Kier molecular flexibility index (Phi) is 5.85. The fourth-order valence-electron chi connectivity index (χ4n) is 2.51. The lowest BCUT2D eigenvalue weighted by atomic mass is 10.1. The van der Waals surface area contributed by atoms with E-state index in [0.717, 1.165) is 11.3 Å². The van der Waals surface area contributed by atoms with Crippen LogP contribution in [0.4, 0.5) is 0 Å². The van der Waals surface area contributed by atoms with Crippen LogP contribution >= 0.6 is 0 Å². The largest absolute Gasteiger partial charge is 0.349 e. The van der Waals surface area contributed by atoms with E-state index in [1.165, 1.54) is 4.68 Å². The molecule has 0 aliphatic rings. The van der Waals surface area contributed by atoms with E-state index in [9.17, 15) is 9.00 Å². The first-order valence-corrected chi connectivity index (χ1v) is 9.64. The second-order valence-corrected chi connectivity index (χ2v) is 7.23. The first kappa shape index (κ1) is 17.9. The number of benzene rings is 2. The second kappa shape index (κ2) is 8.48. The number of hydrogen-bond acceptors (Lipinski definition) is 5. The average Bonchev–Trinajstić information content (AvgIpc) is 3.11. The maximum atomic E-state index is 12.4. The number of nitrogens with one attached hydrogen (secondary N) is 1. The predicted molar refractivity (Wildman–Crippen MR) is 98.9 cm³/mol. The van der Waals surface area contributed by atoms with Crippen LogP contribution in [0.5, 0.6) is 0 Å². The lowest BCUT2D eigenvalue weighted by molar-refractivity contribution is -0.119. The molecule has 3 aromatic rings. The Labute approximate surface area is 153 Å². The molecule has 3 rings (SSSR count). The molecule has 1 aromatic heterocycles.